The fourth-order valence-corrected chi connectivity index (χ4v) is 1.46. The van der Waals surface area contributed by atoms with E-state index in [1.165, 1.54) is 0 Å². The normalized spacial score (nSPS) is 20.2. The number of nitrogens with one attached hydrogen (secondary N) is 1. The Hall–Kier alpha value is -0.850. The summed E-state index contributed by atoms with van der Waals surface area (Å²) in [4.78, 5) is 15.3. The van der Waals surface area contributed by atoms with Crippen LogP contribution in [0.2, 0.25) is 0 Å². The molecule has 2 heterocycles. The number of ether oxygens (including phenoxy) is 1. The van der Waals surface area contributed by atoms with Gasteiger partial charge in [0, 0.05) is 0 Å². The summed E-state index contributed by atoms with van der Waals surface area (Å²) in [6, 6.07) is 3.60. The average Bonchev–Trinajstić information content (AvgIpc) is 2.08. The van der Waals surface area contributed by atoms with Crippen molar-refractivity contribution < 1.29 is 9.53 Å². The van der Waals surface area contributed by atoms with E-state index >= 15 is 0 Å². The van der Waals surface area contributed by atoms with Crippen LogP contribution in [0.15, 0.2) is 12.1 Å². The minimum atomic E-state index is -0.460. The molecule has 0 saturated heterocycles. The zero-order chi connectivity index (χ0) is 9.42. The van der Waals surface area contributed by atoms with Crippen molar-refractivity contribution in [1.82, 2.24) is 4.98 Å². The summed E-state index contributed by atoms with van der Waals surface area (Å²) in [5.41, 5.74) is 0.642. The van der Waals surface area contributed by atoms with Crippen LogP contribution in [0.4, 0.5) is 5.69 Å². The summed E-state index contributed by atoms with van der Waals surface area (Å²) >= 11 is 2.09. The van der Waals surface area contributed by atoms with Gasteiger partial charge in [-0.2, -0.15) is 0 Å². The second-order valence-electron chi connectivity index (χ2n) is 2.74. The molecule has 0 aliphatic carbocycles. The zero-order valence-electron chi connectivity index (χ0n) is 6.87. The van der Waals surface area contributed by atoms with Gasteiger partial charge in [-0.25, -0.2) is 4.98 Å². The maximum Gasteiger partial charge on any atom is 0.265 e. The van der Waals surface area contributed by atoms with E-state index in [9.17, 15) is 4.79 Å². The van der Waals surface area contributed by atoms with E-state index in [0.29, 0.717) is 11.6 Å². The highest BCUT2D eigenvalue weighted by molar-refractivity contribution is 14.1. The first kappa shape index (κ1) is 8.74. The van der Waals surface area contributed by atoms with Gasteiger partial charge in [0.25, 0.3) is 5.91 Å². The van der Waals surface area contributed by atoms with Crippen LogP contribution >= 0.6 is 22.6 Å². The molecule has 4 nitrogen and oxygen atoms in total. The number of carbonyl (C=O) groups is 1. The molecule has 1 aromatic heterocycles. The highest BCUT2D eigenvalue weighted by atomic mass is 127. The number of carbonyl (C=O) groups excluding carboxylic acids is 1. The lowest BCUT2D eigenvalue weighted by Gasteiger charge is -2.21. The molecule has 68 valence electrons. The first-order chi connectivity index (χ1) is 6.16. The average molecular weight is 290 g/mol. The van der Waals surface area contributed by atoms with Crippen molar-refractivity contribution in [3.05, 3.63) is 15.8 Å². The van der Waals surface area contributed by atoms with Crippen LogP contribution in [-0.2, 0) is 4.79 Å². The topological polar surface area (TPSA) is 51.2 Å². The number of hydrogen-bond donors (Lipinski definition) is 1. The minimum Gasteiger partial charge on any atom is -0.463 e. The van der Waals surface area contributed by atoms with Gasteiger partial charge in [0.15, 0.2) is 6.10 Å². The van der Waals surface area contributed by atoms with Gasteiger partial charge in [-0.1, -0.05) is 0 Å². The Morgan fingerprint density at radius 1 is 1.62 bits per heavy atom. The van der Waals surface area contributed by atoms with E-state index in [0.717, 1.165) is 3.70 Å². The van der Waals surface area contributed by atoms with Crippen molar-refractivity contribution in [1.29, 1.82) is 0 Å². The lowest BCUT2D eigenvalue weighted by molar-refractivity contribution is -0.122. The Morgan fingerprint density at radius 3 is 3.15 bits per heavy atom. The zero-order valence-corrected chi connectivity index (χ0v) is 9.03. The molecule has 1 unspecified atom stereocenters. The van der Waals surface area contributed by atoms with Crippen LogP contribution in [0.25, 0.3) is 0 Å². The molecule has 0 spiro atoms. The molecule has 1 N–H and O–H groups in total. The summed E-state index contributed by atoms with van der Waals surface area (Å²) < 4.78 is 6.14. The van der Waals surface area contributed by atoms with Crippen LogP contribution in [0, 0.1) is 3.70 Å². The van der Waals surface area contributed by atoms with Gasteiger partial charge < -0.3 is 10.1 Å². The molecule has 0 fully saturated rings. The molecule has 1 aromatic rings. The number of anilines is 1. The van der Waals surface area contributed by atoms with E-state index < -0.39 is 6.10 Å². The summed E-state index contributed by atoms with van der Waals surface area (Å²) in [5.74, 6) is 0.370. The number of amides is 1. The lowest BCUT2D eigenvalue weighted by Crippen LogP contribution is -2.34. The van der Waals surface area contributed by atoms with Crippen LogP contribution in [-0.4, -0.2) is 17.0 Å². The van der Waals surface area contributed by atoms with Crippen LogP contribution in [0.1, 0.15) is 6.92 Å². The summed E-state index contributed by atoms with van der Waals surface area (Å²) in [7, 11) is 0. The van der Waals surface area contributed by atoms with E-state index in [1.54, 1.807) is 13.0 Å². The van der Waals surface area contributed by atoms with Crippen molar-refractivity contribution in [2.24, 2.45) is 0 Å². The van der Waals surface area contributed by atoms with E-state index in [-0.39, 0.29) is 5.91 Å². The number of nitrogens with zero attached hydrogens (tertiary/aromatic N) is 1. The highest BCUT2D eigenvalue weighted by Gasteiger charge is 2.24. The molecule has 1 amide bonds. The van der Waals surface area contributed by atoms with Crippen LogP contribution in [0.3, 0.4) is 0 Å². The first-order valence-corrected chi connectivity index (χ1v) is 4.89. The lowest BCUT2D eigenvalue weighted by atomic mass is 10.3. The molecule has 0 radical (unpaired) electrons. The Bertz CT molecular complexity index is 367. The minimum absolute atomic E-state index is 0.129. The monoisotopic (exact) mass is 290 g/mol. The number of rotatable bonds is 0. The largest absolute Gasteiger partial charge is 0.463 e. The first-order valence-electron chi connectivity index (χ1n) is 3.81. The number of aromatic nitrogens is 1. The molecule has 13 heavy (non-hydrogen) atoms. The smallest absolute Gasteiger partial charge is 0.265 e. The highest BCUT2D eigenvalue weighted by Crippen LogP contribution is 2.27. The molecule has 0 saturated carbocycles. The third kappa shape index (κ3) is 1.60. The van der Waals surface area contributed by atoms with Gasteiger partial charge in [-0.3, -0.25) is 4.79 Å². The molecule has 5 heteroatoms. The molecule has 0 aromatic carbocycles. The fraction of sp³-hybridized carbons (Fsp3) is 0.250. The number of fused-ring (bicyclic) bond motifs is 1. The predicted octanol–water partition coefficient (Wildman–Crippen LogP) is 1.41. The molecule has 2 rings (SSSR count). The molecular formula is C8H7IN2O2. The van der Waals surface area contributed by atoms with Crippen LogP contribution < -0.4 is 10.1 Å². The second kappa shape index (κ2) is 3.13. The van der Waals surface area contributed by atoms with Crippen molar-refractivity contribution in [3.8, 4) is 5.88 Å². The van der Waals surface area contributed by atoms with Gasteiger partial charge in [0.1, 0.15) is 9.39 Å². The Morgan fingerprint density at radius 2 is 2.38 bits per heavy atom. The molecular weight excluding hydrogens is 283 g/mol. The van der Waals surface area contributed by atoms with Gasteiger partial charge >= 0.3 is 0 Å². The maximum absolute atomic E-state index is 11.2. The molecule has 0 bridgehead atoms. The SMILES string of the molecule is CC1Oc2nc(I)ccc2NC1=O. The van der Waals surface area contributed by atoms with Gasteiger partial charge in [0.05, 0.1) is 0 Å². The standard InChI is InChI=1S/C8H7IN2O2/c1-4-7(12)10-5-2-3-6(9)11-8(5)13-4/h2-4H,1H3,(H,10,12). The van der Waals surface area contributed by atoms with Crippen molar-refractivity contribution in [3.63, 3.8) is 0 Å². The third-order valence-corrected chi connectivity index (χ3v) is 2.34. The van der Waals surface area contributed by atoms with E-state index in [1.807, 2.05) is 6.07 Å². The third-order valence-electron chi connectivity index (χ3n) is 1.74. The summed E-state index contributed by atoms with van der Waals surface area (Å²) in [6.45, 7) is 1.69. The van der Waals surface area contributed by atoms with Gasteiger partial charge in [0.2, 0.25) is 5.88 Å². The number of halogens is 1. The number of pyridine rings is 1. The van der Waals surface area contributed by atoms with E-state index in [4.69, 9.17) is 4.74 Å². The Kier molecular flexibility index (Phi) is 2.10. The number of hydrogen-bond acceptors (Lipinski definition) is 3. The maximum atomic E-state index is 11.2. The van der Waals surface area contributed by atoms with Crippen LogP contribution in [0.5, 0.6) is 5.88 Å². The van der Waals surface area contributed by atoms with E-state index in [2.05, 4.69) is 32.9 Å². The Labute approximate surface area is 88.8 Å². The summed E-state index contributed by atoms with van der Waals surface area (Å²) in [5, 5.41) is 2.71. The van der Waals surface area contributed by atoms with Crippen molar-refractivity contribution in [2.45, 2.75) is 13.0 Å². The second-order valence-corrected chi connectivity index (χ2v) is 3.84. The van der Waals surface area contributed by atoms with Crippen molar-refractivity contribution in [2.75, 3.05) is 5.32 Å². The summed E-state index contributed by atoms with van der Waals surface area (Å²) in [6.07, 6.45) is -0.460. The molecule has 1 aliphatic heterocycles. The van der Waals surface area contributed by atoms with Crippen molar-refractivity contribution >= 4 is 34.2 Å². The predicted molar refractivity (Wildman–Crippen MR) is 55.7 cm³/mol. The quantitative estimate of drug-likeness (QED) is 0.580. The molecule has 1 aliphatic rings. The van der Waals surface area contributed by atoms with Gasteiger partial charge in [-0.15, -0.1) is 0 Å². The Balaban J connectivity index is 2.42. The van der Waals surface area contributed by atoms with Gasteiger partial charge in [-0.05, 0) is 41.6 Å². The molecule has 1 atom stereocenters. The fourth-order valence-electron chi connectivity index (χ4n) is 1.06.